The van der Waals surface area contributed by atoms with Crippen LogP contribution in [0.1, 0.15) is 24.2 Å². The Morgan fingerprint density at radius 2 is 1.90 bits per heavy atom. The Bertz CT molecular complexity index is 514. The Labute approximate surface area is 125 Å². The molecule has 0 fully saturated rings. The number of hydrogen-bond acceptors (Lipinski definition) is 4. The number of nitrogens with zero attached hydrogens (tertiary/aromatic N) is 1. The summed E-state index contributed by atoms with van der Waals surface area (Å²) in [5, 5.41) is 2.74. The monoisotopic (exact) mass is 294 g/mol. The van der Waals surface area contributed by atoms with Gasteiger partial charge in [-0.1, -0.05) is 0 Å². The smallest absolute Gasteiger partial charge is 0.257 e. The van der Waals surface area contributed by atoms with E-state index in [2.05, 4.69) is 5.32 Å². The number of ether oxygens (including phenoxy) is 2. The van der Waals surface area contributed by atoms with Crippen molar-refractivity contribution in [2.45, 2.75) is 19.9 Å². The van der Waals surface area contributed by atoms with Crippen molar-refractivity contribution in [1.29, 1.82) is 0 Å². The van der Waals surface area contributed by atoms with Gasteiger partial charge in [0.1, 0.15) is 11.5 Å². The van der Waals surface area contributed by atoms with Crippen LogP contribution in [0.4, 0.5) is 0 Å². The van der Waals surface area contributed by atoms with Gasteiger partial charge in [0.2, 0.25) is 5.91 Å². The van der Waals surface area contributed by atoms with E-state index < -0.39 is 0 Å². The van der Waals surface area contributed by atoms with Gasteiger partial charge in [0, 0.05) is 13.1 Å². The number of amides is 2. The number of carbonyl (C=O) groups excluding carboxylic acids is 2. The van der Waals surface area contributed by atoms with Gasteiger partial charge in [0.15, 0.2) is 0 Å². The minimum absolute atomic E-state index is 0.0165. The molecule has 0 bridgehead atoms. The molecule has 1 aromatic rings. The number of hydrogen-bond donors (Lipinski definition) is 1. The van der Waals surface area contributed by atoms with Gasteiger partial charge in [-0.15, -0.1) is 0 Å². The second-order valence-corrected chi connectivity index (χ2v) is 4.95. The standard InChI is InChI=1S/C15H22N2O4/c1-10(2)16-14(18)9-17(3)15(19)12-8-11(20-4)6-7-13(12)21-5/h6-8,10H,9H2,1-5H3,(H,16,18). The third-order valence-electron chi connectivity index (χ3n) is 2.81. The van der Waals surface area contributed by atoms with E-state index in [1.54, 1.807) is 25.2 Å². The zero-order valence-electron chi connectivity index (χ0n) is 13.1. The fourth-order valence-corrected chi connectivity index (χ4v) is 1.84. The van der Waals surface area contributed by atoms with Gasteiger partial charge in [-0.3, -0.25) is 9.59 Å². The van der Waals surface area contributed by atoms with Gasteiger partial charge in [-0.25, -0.2) is 0 Å². The Hall–Kier alpha value is -2.24. The fraction of sp³-hybridized carbons (Fsp3) is 0.467. The first-order chi connectivity index (χ1) is 9.88. The van der Waals surface area contributed by atoms with E-state index in [1.807, 2.05) is 13.8 Å². The molecule has 0 radical (unpaired) electrons. The van der Waals surface area contributed by atoms with Gasteiger partial charge in [0.25, 0.3) is 5.91 Å². The van der Waals surface area contributed by atoms with Crippen molar-refractivity contribution in [2.75, 3.05) is 27.8 Å². The van der Waals surface area contributed by atoms with Gasteiger partial charge in [0.05, 0.1) is 26.3 Å². The lowest BCUT2D eigenvalue weighted by Gasteiger charge is -2.19. The van der Waals surface area contributed by atoms with E-state index >= 15 is 0 Å². The molecule has 0 aromatic heterocycles. The molecule has 1 aromatic carbocycles. The summed E-state index contributed by atoms with van der Waals surface area (Å²) in [7, 11) is 4.58. The highest BCUT2D eigenvalue weighted by molar-refractivity contribution is 5.99. The maximum atomic E-state index is 12.4. The average Bonchev–Trinajstić information content (AvgIpc) is 2.44. The molecule has 0 heterocycles. The maximum absolute atomic E-state index is 12.4. The largest absolute Gasteiger partial charge is 0.497 e. The first-order valence-electron chi connectivity index (χ1n) is 6.66. The van der Waals surface area contributed by atoms with E-state index in [-0.39, 0.29) is 24.4 Å². The lowest BCUT2D eigenvalue weighted by molar-refractivity contribution is -0.122. The molecular formula is C15H22N2O4. The topological polar surface area (TPSA) is 67.9 Å². The third-order valence-corrected chi connectivity index (χ3v) is 2.81. The van der Waals surface area contributed by atoms with Gasteiger partial charge in [-0.05, 0) is 32.0 Å². The Morgan fingerprint density at radius 1 is 1.24 bits per heavy atom. The summed E-state index contributed by atoms with van der Waals surface area (Å²) in [6.45, 7) is 3.72. The van der Waals surface area contributed by atoms with Crippen LogP contribution in [0.3, 0.4) is 0 Å². The van der Waals surface area contributed by atoms with Crippen LogP contribution in [0.5, 0.6) is 11.5 Å². The minimum atomic E-state index is -0.301. The van der Waals surface area contributed by atoms with Crippen molar-refractivity contribution in [3.05, 3.63) is 23.8 Å². The number of benzene rings is 1. The minimum Gasteiger partial charge on any atom is -0.497 e. The number of carbonyl (C=O) groups is 2. The highest BCUT2D eigenvalue weighted by Gasteiger charge is 2.19. The molecule has 2 amide bonds. The number of likely N-dealkylation sites (N-methyl/N-ethyl adjacent to an activating group) is 1. The molecule has 0 spiro atoms. The molecule has 116 valence electrons. The molecule has 6 nitrogen and oxygen atoms in total. The molecule has 0 aliphatic heterocycles. The zero-order chi connectivity index (χ0) is 16.0. The predicted molar refractivity (Wildman–Crippen MR) is 79.8 cm³/mol. The lowest BCUT2D eigenvalue weighted by atomic mass is 10.1. The molecule has 0 unspecified atom stereocenters. The van der Waals surface area contributed by atoms with Gasteiger partial charge >= 0.3 is 0 Å². The summed E-state index contributed by atoms with van der Waals surface area (Å²) < 4.78 is 10.3. The summed E-state index contributed by atoms with van der Waals surface area (Å²) in [5.74, 6) is 0.489. The second kappa shape index (κ2) is 7.52. The van der Waals surface area contributed by atoms with Crippen molar-refractivity contribution < 1.29 is 19.1 Å². The van der Waals surface area contributed by atoms with Gasteiger partial charge < -0.3 is 19.7 Å². The molecule has 1 N–H and O–H groups in total. The second-order valence-electron chi connectivity index (χ2n) is 4.95. The zero-order valence-corrected chi connectivity index (χ0v) is 13.1. The normalized spacial score (nSPS) is 10.2. The Kier molecular flexibility index (Phi) is 6.02. The van der Waals surface area contributed by atoms with E-state index in [0.29, 0.717) is 17.1 Å². The molecule has 0 saturated heterocycles. The SMILES string of the molecule is COc1ccc(OC)c(C(=O)N(C)CC(=O)NC(C)C)c1. The highest BCUT2D eigenvalue weighted by atomic mass is 16.5. The molecular weight excluding hydrogens is 272 g/mol. The van der Waals surface area contributed by atoms with Crippen LogP contribution >= 0.6 is 0 Å². The van der Waals surface area contributed by atoms with Crippen LogP contribution in [-0.2, 0) is 4.79 Å². The Morgan fingerprint density at radius 3 is 2.43 bits per heavy atom. The molecule has 0 aliphatic carbocycles. The predicted octanol–water partition coefficient (Wildman–Crippen LogP) is 1.30. The van der Waals surface area contributed by atoms with Gasteiger partial charge in [-0.2, -0.15) is 0 Å². The lowest BCUT2D eigenvalue weighted by Crippen LogP contribution is -2.40. The maximum Gasteiger partial charge on any atom is 0.257 e. The molecule has 21 heavy (non-hydrogen) atoms. The molecule has 0 aliphatic rings. The van der Waals surface area contributed by atoms with Crippen LogP contribution < -0.4 is 14.8 Å². The molecule has 1 rings (SSSR count). The summed E-state index contributed by atoms with van der Waals surface area (Å²) in [6.07, 6.45) is 0. The van der Waals surface area contributed by atoms with Crippen LogP contribution in [0.25, 0.3) is 0 Å². The summed E-state index contributed by atoms with van der Waals surface area (Å²) >= 11 is 0. The third kappa shape index (κ3) is 4.66. The average molecular weight is 294 g/mol. The van der Waals surface area contributed by atoms with Crippen molar-refractivity contribution in [2.24, 2.45) is 0 Å². The number of nitrogens with one attached hydrogen (secondary N) is 1. The van der Waals surface area contributed by atoms with Crippen molar-refractivity contribution in [3.63, 3.8) is 0 Å². The molecule has 0 saturated carbocycles. The van der Waals surface area contributed by atoms with E-state index in [1.165, 1.54) is 19.1 Å². The van der Waals surface area contributed by atoms with Crippen molar-refractivity contribution >= 4 is 11.8 Å². The molecule has 6 heteroatoms. The van der Waals surface area contributed by atoms with E-state index in [0.717, 1.165) is 0 Å². The van der Waals surface area contributed by atoms with E-state index in [9.17, 15) is 9.59 Å². The summed E-state index contributed by atoms with van der Waals surface area (Å²) in [5.41, 5.74) is 0.358. The molecule has 0 atom stereocenters. The first kappa shape index (κ1) is 16.8. The summed E-state index contributed by atoms with van der Waals surface area (Å²) in [4.78, 5) is 25.5. The van der Waals surface area contributed by atoms with E-state index in [4.69, 9.17) is 9.47 Å². The first-order valence-corrected chi connectivity index (χ1v) is 6.66. The van der Waals surface area contributed by atoms with Crippen LogP contribution in [0.15, 0.2) is 18.2 Å². The van der Waals surface area contributed by atoms with Crippen molar-refractivity contribution in [1.82, 2.24) is 10.2 Å². The van der Waals surface area contributed by atoms with Crippen molar-refractivity contribution in [3.8, 4) is 11.5 Å². The Balaban J connectivity index is 2.89. The summed E-state index contributed by atoms with van der Waals surface area (Å²) in [6, 6.07) is 5.00. The number of rotatable bonds is 6. The van der Waals surface area contributed by atoms with Crippen LogP contribution in [0, 0.1) is 0 Å². The quantitative estimate of drug-likeness (QED) is 0.858. The van der Waals surface area contributed by atoms with Crippen LogP contribution in [0.2, 0.25) is 0 Å². The number of methoxy groups -OCH3 is 2. The van der Waals surface area contributed by atoms with Crippen LogP contribution in [-0.4, -0.2) is 50.6 Å². The highest BCUT2D eigenvalue weighted by Crippen LogP contribution is 2.24. The fourth-order valence-electron chi connectivity index (χ4n) is 1.84.